The molecule has 6 nitrogen and oxygen atoms in total. The third kappa shape index (κ3) is 3.92. The molecule has 24 heavy (non-hydrogen) atoms. The van der Waals surface area contributed by atoms with Gasteiger partial charge >= 0.3 is 0 Å². The van der Waals surface area contributed by atoms with Gasteiger partial charge in [-0.1, -0.05) is 18.2 Å². The molecule has 0 bridgehead atoms. The molecule has 0 amide bonds. The smallest absolute Gasteiger partial charge is 0.226 e. The third-order valence-electron chi connectivity index (χ3n) is 3.35. The molecule has 1 aromatic heterocycles. The molecule has 0 fully saturated rings. The zero-order valence-electron chi connectivity index (χ0n) is 13.3. The van der Waals surface area contributed by atoms with Crippen LogP contribution in [-0.4, -0.2) is 18.1 Å². The Kier molecular flexibility index (Phi) is 4.76. The van der Waals surface area contributed by atoms with Crippen LogP contribution in [-0.2, 0) is 6.54 Å². The maximum atomic E-state index is 5.89. The third-order valence-corrected chi connectivity index (χ3v) is 3.35. The van der Waals surface area contributed by atoms with E-state index in [0.717, 1.165) is 17.0 Å². The number of nitrogens with one attached hydrogen (secondary N) is 1. The van der Waals surface area contributed by atoms with E-state index in [1.54, 1.807) is 13.4 Å². The molecule has 0 saturated heterocycles. The maximum absolute atomic E-state index is 5.89. The summed E-state index contributed by atoms with van der Waals surface area (Å²) in [5, 5.41) is 3.02. The van der Waals surface area contributed by atoms with Gasteiger partial charge in [-0.05, 0) is 36.4 Å². The van der Waals surface area contributed by atoms with Gasteiger partial charge in [0.2, 0.25) is 5.89 Å². The van der Waals surface area contributed by atoms with E-state index in [-0.39, 0.29) is 0 Å². The van der Waals surface area contributed by atoms with Gasteiger partial charge in [-0.3, -0.25) is 0 Å². The predicted molar refractivity (Wildman–Crippen MR) is 93.9 cm³/mol. The highest BCUT2D eigenvalue weighted by Crippen LogP contribution is 2.18. The Morgan fingerprint density at radius 2 is 1.92 bits per heavy atom. The van der Waals surface area contributed by atoms with Crippen LogP contribution in [0.5, 0.6) is 5.75 Å². The number of guanidine groups is 1. The number of aliphatic imine (C=N–C) groups is 1. The number of rotatable bonds is 5. The van der Waals surface area contributed by atoms with Crippen LogP contribution in [0.15, 0.2) is 70.3 Å². The fourth-order valence-electron chi connectivity index (χ4n) is 2.12. The summed E-state index contributed by atoms with van der Waals surface area (Å²) >= 11 is 0. The number of aromatic nitrogens is 1. The van der Waals surface area contributed by atoms with Gasteiger partial charge in [0.15, 0.2) is 5.96 Å². The first-order chi connectivity index (χ1) is 11.7. The van der Waals surface area contributed by atoms with Crippen molar-refractivity contribution in [2.24, 2.45) is 10.7 Å². The Morgan fingerprint density at radius 3 is 2.62 bits per heavy atom. The fourth-order valence-corrected chi connectivity index (χ4v) is 2.12. The first-order valence-electron chi connectivity index (χ1n) is 7.45. The van der Waals surface area contributed by atoms with Gasteiger partial charge in [0.05, 0.1) is 13.7 Å². The summed E-state index contributed by atoms with van der Waals surface area (Å²) in [6, 6.07) is 17.1. The lowest BCUT2D eigenvalue weighted by Gasteiger charge is -2.06. The molecule has 1 heterocycles. The molecule has 0 aliphatic carbocycles. The van der Waals surface area contributed by atoms with E-state index in [0.29, 0.717) is 24.1 Å². The highest BCUT2D eigenvalue weighted by molar-refractivity contribution is 5.92. The summed E-state index contributed by atoms with van der Waals surface area (Å²) in [5.41, 5.74) is 8.37. The average Bonchev–Trinajstić information content (AvgIpc) is 3.10. The lowest BCUT2D eigenvalue weighted by molar-refractivity contribution is 0.415. The summed E-state index contributed by atoms with van der Waals surface area (Å²) in [7, 11) is 1.62. The normalized spacial score (nSPS) is 11.3. The van der Waals surface area contributed by atoms with Crippen LogP contribution in [0, 0.1) is 0 Å². The fraction of sp³-hybridized carbons (Fsp3) is 0.111. The minimum Gasteiger partial charge on any atom is -0.497 e. The number of hydrogen-bond donors (Lipinski definition) is 2. The van der Waals surface area contributed by atoms with Gasteiger partial charge in [-0.2, -0.15) is 0 Å². The van der Waals surface area contributed by atoms with Crippen molar-refractivity contribution >= 4 is 11.6 Å². The van der Waals surface area contributed by atoms with Crippen molar-refractivity contribution < 1.29 is 9.15 Å². The largest absolute Gasteiger partial charge is 0.497 e. The molecule has 0 unspecified atom stereocenters. The number of methoxy groups -OCH3 is 1. The zero-order valence-corrected chi connectivity index (χ0v) is 13.3. The van der Waals surface area contributed by atoms with E-state index >= 15 is 0 Å². The molecule has 3 aromatic rings. The molecule has 0 atom stereocenters. The van der Waals surface area contributed by atoms with Gasteiger partial charge in [0.25, 0.3) is 0 Å². The van der Waals surface area contributed by atoms with Gasteiger partial charge in [-0.15, -0.1) is 0 Å². The number of oxazole rings is 1. The lowest BCUT2D eigenvalue weighted by atomic mass is 10.2. The van der Waals surface area contributed by atoms with Crippen molar-refractivity contribution in [2.45, 2.75) is 6.54 Å². The molecular weight excluding hydrogens is 304 g/mol. The highest BCUT2D eigenvalue weighted by atomic mass is 16.5. The van der Waals surface area contributed by atoms with Crippen LogP contribution < -0.4 is 15.8 Å². The predicted octanol–water partition coefficient (Wildman–Crippen LogP) is 3.28. The van der Waals surface area contributed by atoms with E-state index in [9.17, 15) is 0 Å². The molecule has 2 aromatic carbocycles. The summed E-state index contributed by atoms with van der Waals surface area (Å²) < 4.78 is 10.6. The maximum Gasteiger partial charge on any atom is 0.226 e. The van der Waals surface area contributed by atoms with E-state index < -0.39 is 0 Å². The van der Waals surface area contributed by atoms with Crippen LogP contribution in [0.25, 0.3) is 11.5 Å². The molecule has 0 spiro atoms. The summed E-state index contributed by atoms with van der Waals surface area (Å²) in [5.74, 6) is 1.67. The molecule has 122 valence electrons. The lowest BCUT2D eigenvalue weighted by Crippen LogP contribution is -2.22. The Morgan fingerprint density at radius 1 is 1.17 bits per heavy atom. The highest BCUT2D eigenvalue weighted by Gasteiger charge is 2.05. The van der Waals surface area contributed by atoms with Crippen molar-refractivity contribution in [3.05, 3.63) is 66.6 Å². The summed E-state index contributed by atoms with van der Waals surface area (Å²) in [6.07, 6.45) is 1.59. The van der Waals surface area contributed by atoms with E-state index in [4.69, 9.17) is 14.9 Å². The van der Waals surface area contributed by atoms with Gasteiger partial charge in [0, 0.05) is 11.3 Å². The molecule has 0 radical (unpaired) electrons. The molecule has 6 heteroatoms. The number of anilines is 1. The second kappa shape index (κ2) is 7.32. The molecule has 3 rings (SSSR count). The Labute approximate surface area is 140 Å². The van der Waals surface area contributed by atoms with Crippen LogP contribution >= 0.6 is 0 Å². The summed E-state index contributed by atoms with van der Waals surface area (Å²) in [6.45, 7) is 0.339. The van der Waals surface area contributed by atoms with Gasteiger partial charge in [0.1, 0.15) is 17.7 Å². The number of nitrogens with two attached hydrogens (primary N) is 1. The molecule has 3 N–H and O–H groups in total. The molecule has 0 saturated carbocycles. The van der Waals surface area contributed by atoms with Crippen LogP contribution in [0.1, 0.15) is 5.69 Å². The van der Waals surface area contributed by atoms with Crippen LogP contribution in [0.3, 0.4) is 0 Å². The second-order valence-electron chi connectivity index (χ2n) is 5.06. The topological polar surface area (TPSA) is 85.7 Å². The van der Waals surface area contributed by atoms with Crippen molar-refractivity contribution in [3.63, 3.8) is 0 Å². The first kappa shape index (κ1) is 15.6. The van der Waals surface area contributed by atoms with Crippen molar-refractivity contribution in [3.8, 4) is 17.2 Å². The molecule has 0 aliphatic rings. The first-order valence-corrected chi connectivity index (χ1v) is 7.45. The number of nitrogens with zero attached hydrogens (tertiary/aromatic N) is 2. The summed E-state index contributed by atoms with van der Waals surface area (Å²) in [4.78, 5) is 8.68. The molecular formula is C18H18N4O2. The van der Waals surface area contributed by atoms with E-state index in [1.807, 2.05) is 54.6 Å². The second-order valence-corrected chi connectivity index (χ2v) is 5.06. The Hall–Kier alpha value is -3.28. The van der Waals surface area contributed by atoms with E-state index in [1.165, 1.54) is 0 Å². The number of ether oxygens (including phenoxy) is 1. The van der Waals surface area contributed by atoms with Crippen molar-refractivity contribution in [1.82, 2.24) is 4.98 Å². The van der Waals surface area contributed by atoms with Crippen LogP contribution in [0.4, 0.5) is 5.69 Å². The quantitative estimate of drug-likeness (QED) is 0.556. The minimum atomic E-state index is 0.310. The number of hydrogen-bond acceptors (Lipinski definition) is 4. The monoisotopic (exact) mass is 322 g/mol. The zero-order chi connectivity index (χ0) is 16.8. The minimum absolute atomic E-state index is 0.310. The van der Waals surface area contributed by atoms with E-state index in [2.05, 4.69) is 15.3 Å². The average molecular weight is 322 g/mol. The SMILES string of the molecule is COc1ccc(NC(N)=NCc2coc(-c3ccccc3)n2)cc1. The Bertz CT molecular complexity index is 811. The Balaban J connectivity index is 1.61. The van der Waals surface area contributed by atoms with Crippen molar-refractivity contribution in [1.29, 1.82) is 0 Å². The number of benzene rings is 2. The standard InChI is InChI=1S/C18H18N4O2/c1-23-16-9-7-14(8-10-16)22-18(19)20-11-15-12-24-17(21-15)13-5-3-2-4-6-13/h2-10,12H,11H2,1H3,(H3,19,20,22). The van der Waals surface area contributed by atoms with Crippen molar-refractivity contribution in [2.75, 3.05) is 12.4 Å². The van der Waals surface area contributed by atoms with Gasteiger partial charge in [-0.25, -0.2) is 9.98 Å². The van der Waals surface area contributed by atoms with Gasteiger partial charge < -0.3 is 20.2 Å². The van der Waals surface area contributed by atoms with Crippen LogP contribution in [0.2, 0.25) is 0 Å². The molecule has 0 aliphatic heterocycles.